The smallest absolute Gasteiger partial charge is 0.475 e. The fraction of sp³-hybridized carbons (Fsp3) is 0.308. The van der Waals surface area contributed by atoms with Crippen LogP contribution in [0.3, 0.4) is 0 Å². The Balaban J connectivity index is 0.000000532. The maximum atomic E-state index is 13.2. The highest BCUT2D eigenvalue weighted by Gasteiger charge is 2.38. The van der Waals surface area contributed by atoms with Crippen molar-refractivity contribution < 1.29 is 41.2 Å². The molecule has 208 valence electrons. The monoisotopic (exact) mass is 550 g/mol. The van der Waals surface area contributed by atoms with Crippen LogP contribution in [0, 0.1) is 5.82 Å². The number of carbonyl (C=O) groups is 2. The van der Waals surface area contributed by atoms with Crippen molar-refractivity contribution in [3.63, 3.8) is 0 Å². The van der Waals surface area contributed by atoms with Gasteiger partial charge in [0.15, 0.2) is 5.58 Å². The summed E-state index contributed by atoms with van der Waals surface area (Å²) in [6, 6.07) is 11.0. The molecular weight excluding hydrogens is 524 g/mol. The van der Waals surface area contributed by atoms with Crippen molar-refractivity contribution in [3.8, 4) is 22.8 Å². The van der Waals surface area contributed by atoms with E-state index in [1.807, 2.05) is 0 Å². The standard InChI is InChI=1S/C24H25FN4O3.C2HF3O2/c1-3-29(4-2)13-5-12-26-23(30)17-8-11-21-19(14-17)22(28-32-21)20-15-31-24(27-20)16-6-9-18(25)10-7-16;3-2(4,5)1(6)7/h6-11,14-15H,3-5,12-13H2,1-2H3,(H,26,30);(H,6,7). The summed E-state index contributed by atoms with van der Waals surface area (Å²) in [7, 11) is 0. The number of alkyl halides is 3. The molecule has 39 heavy (non-hydrogen) atoms. The third-order valence-corrected chi connectivity index (χ3v) is 5.64. The number of nitrogens with zero attached hydrogens (tertiary/aromatic N) is 3. The third kappa shape index (κ3) is 7.87. The van der Waals surface area contributed by atoms with Gasteiger partial charge in [-0.2, -0.15) is 13.2 Å². The van der Waals surface area contributed by atoms with Crippen LogP contribution in [-0.4, -0.2) is 64.4 Å². The van der Waals surface area contributed by atoms with Crippen molar-refractivity contribution in [2.24, 2.45) is 0 Å². The molecule has 4 aromatic rings. The average molecular weight is 551 g/mol. The number of aromatic nitrogens is 2. The Bertz CT molecular complexity index is 1400. The highest BCUT2D eigenvalue weighted by Crippen LogP contribution is 2.30. The fourth-order valence-corrected chi connectivity index (χ4v) is 3.52. The quantitative estimate of drug-likeness (QED) is 0.210. The Hall–Kier alpha value is -4.26. The zero-order chi connectivity index (χ0) is 28.6. The number of aliphatic carboxylic acids is 1. The van der Waals surface area contributed by atoms with Gasteiger partial charge in [0.05, 0.1) is 5.39 Å². The summed E-state index contributed by atoms with van der Waals surface area (Å²) >= 11 is 0. The molecule has 0 fully saturated rings. The average Bonchev–Trinajstić information content (AvgIpc) is 3.56. The van der Waals surface area contributed by atoms with Crippen LogP contribution < -0.4 is 5.32 Å². The van der Waals surface area contributed by atoms with E-state index < -0.39 is 12.1 Å². The van der Waals surface area contributed by atoms with Crippen LogP contribution in [0.25, 0.3) is 33.8 Å². The molecule has 0 spiro atoms. The normalized spacial score (nSPS) is 11.4. The molecule has 2 aromatic carbocycles. The van der Waals surface area contributed by atoms with Crippen LogP contribution in [0.4, 0.5) is 17.6 Å². The van der Waals surface area contributed by atoms with Gasteiger partial charge in [0.2, 0.25) is 5.89 Å². The van der Waals surface area contributed by atoms with E-state index in [2.05, 4.69) is 34.2 Å². The molecule has 2 aromatic heterocycles. The van der Waals surface area contributed by atoms with Crippen molar-refractivity contribution in [3.05, 3.63) is 60.1 Å². The van der Waals surface area contributed by atoms with E-state index in [0.717, 1.165) is 26.1 Å². The Labute approximate surface area is 220 Å². The number of carbonyl (C=O) groups excluding carboxylic acids is 1. The molecule has 0 aliphatic rings. The predicted octanol–water partition coefficient (Wildman–Crippen LogP) is 5.38. The van der Waals surface area contributed by atoms with Crippen LogP contribution in [0.5, 0.6) is 0 Å². The first-order chi connectivity index (χ1) is 18.5. The lowest BCUT2D eigenvalue weighted by atomic mass is 10.1. The first-order valence-corrected chi connectivity index (χ1v) is 11.9. The number of hydrogen-bond acceptors (Lipinski definition) is 7. The van der Waals surface area contributed by atoms with Gasteiger partial charge < -0.3 is 24.3 Å². The number of carboxylic acids is 1. The van der Waals surface area contributed by atoms with Gasteiger partial charge in [-0.3, -0.25) is 4.79 Å². The van der Waals surface area contributed by atoms with E-state index in [1.165, 1.54) is 18.4 Å². The van der Waals surface area contributed by atoms with E-state index in [1.54, 1.807) is 30.3 Å². The first kappa shape index (κ1) is 29.3. The zero-order valence-electron chi connectivity index (χ0n) is 21.1. The molecule has 2 heterocycles. The Kier molecular flexibility index (Phi) is 9.77. The second kappa shape index (κ2) is 13.0. The Morgan fingerprint density at radius 3 is 2.36 bits per heavy atom. The molecular formula is C26H26F4N4O5. The molecule has 0 bridgehead atoms. The van der Waals surface area contributed by atoms with Gasteiger partial charge in [-0.25, -0.2) is 14.2 Å². The number of benzene rings is 2. The molecule has 0 radical (unpaired) electrons. The van der Waals surface area contributed by atoms with Crippen molar-refractivity contribution >= 4 is 22.8 Å². The largest absolute Gasteiger partial charge is 0.490 e. The maximum Gasteiger partial charge on any atom is 0.490 e. The molecule has 9 nitrogen and oxygen atoms in total. The molecule has 1 amide bonds. The molecule has 0 saturated heterocycles. The highest BCUT2D eigenvalue weighted by atomic mass is 19.4. The molecule has 2 N–H and O–H groups in total. The van der Waals surface area contributed by atoms with Crippen molar-refractivity contribution in [1.82, 2.24) is 20.4 Å². The topological polar surface area (TPSA) is 122 Å². The number of oxazole rings is 1. The number of nitrogens with one attached hydrogen (secondary N) is 1. The summed E-state index contributed by atoms with van der Waals surface area (Å²) in [5, 5.41) is 14.9. The molecule has 13 heteroatoms. The van der Waals surface area contributed by atoms with Crippen LogP contribution in [0.15, 0.2) is 57.7 Å². The van der Waals surface area contributed by atoms with Gasteiger partial charge in [-0.05, 0) is 68.5 Å². The first-order valence-electron chi connectivity index (χ1n) is 11.9. The van der Waals surface area contributed by atoms with Gasteiger partial charge in [-0.15, -0.1) is 0 Å². The van der Waals surface area contributed by atoms with E-state index in [9.17, 15) is 22.4 Å². The lowest BCUT2D eigenvalue weighted by Crippen LogP contribution is -2.29. The SMILES string of the molecule is CCN(CC)CCCNC(=O)c1ccc2onc(-c3coc(-c4ccc(F)cc4)n3)c2c1.O=C(O)C(F)(F)F. The number of carboxylic acid groups (broad SMARTS) is 1. The summed E-state index contributed by atoms with van der Waals surface area (Å²) < 4.78 is 55.8. The lowest BCUT2D eigenvalue weighted by Gasteiger charge is -2.17. The Morgan fingerprint density at radius 2 is 1.74 bits per heavy atom. The minimum absolute atomic E-state index is 0.147. The molecule has 0 aliphatic heterocycles. The molecule has 4 rings (SSSR count). The summed E-state index contributed by atoms with van der Waals surface area (Å²) in [5.41, 5.74) is 2.67. The summed E-state index contributed by atoms with van der Waals surface area (Å²) in [6.45, 7) is 7.82. The second-order valence-corrected chi connectivity index (χ2v) is 8.23. The predicted molar refractivity (Wildman–Crippen MR) is 133 cm³/mol. The Morgan fingerprint density at radius 1 is 1.08 bits per heavy atom. The van der Waals surface area contributed by atoms with E-state index in [-0.39, 0.29) is 11.7 Å². The van der Waals surface area contributed by atoms with Crippen molar-refractivity contribution in [1.29, 1.82) is 0 Å². The minimum Gasteiger partial charge on any atom is -0.475 e. The molecule has 0 saturated carbocycles. The molecule has 0 atom stereocenters. The van der Waals surface area contributed by atoms with Crippen molar-refractivity contribution in [2.75, 3.05) is 26.2 Å². The van der Waals surface area contributed by atoms with E-state index >= 15 is 0 Å². The fourth-order valence-electron chi connectivity index (χ4n) is 3.52. The summed E-state index contributed by atoms with van der Waals surface area (Å²) in [4.78, 5) is 28.3. The van der Waals surface area contributed by atoms with Crippen molar-refractivity contribution in [2.45, 2.75) is 26.4 Å². The maximum absolute atomic E-state index is 13.2. The molecule has 0 unspecified atom stereocenters. The highest BCUT2D eigenvalue weighted by molar-refractivity contribution is 6.00. The third-order valence-electron chi connectivity index (χ3n) is 5.64. The van der Waals surface area contributed by atoms with E-state index in [0.29, 0.717) is 45.9 Å². The number of hydrogen-bond donors (Lipinski definition) is 2. The van der Waals surface area contributed by atoms with Crippen LogP contribution in [-0.2, 0) is 4.79 Å². The van der Waals surface area contributed by atoms with Gasteiger partial charge >= 0.3 is 12.1 Å². The number of fused-ring (bicyclic) bond motifs is 1. The second-order valence-electron chi connectivity index (χ2n) is 8.23. The number of amides is 1. The van der Waals surface area contributed by atoms with Crippen LogP contribution in [0.2, 0.25) is 0 Å². The lowest BCUT2D eigenvalue weighted by molar-refractivity contribution is -0.192. The van der Waals surface area contributed by atoms with Gasteiger partial charge in [0, 0.05) is 17.7 Å². The van der Waals surface area contributed by atoms with Crippen LogP contribution in [0.1, 0.15) is 30.6 Å². The number of halogens is 4. The summed E-state index contributed by atoms with van der Waals surface area (Å²) in [6.07, 6.45) is -2.73. The number of rotatable bonds is 9. The summed E-state index contributed by atoms with van der Waals surface area (Å²) in [5.74, 6) is -2.89. The van der Waals surface area contributed by atoms with Crippen LogP contribution >= 0.6 is 0 Å². The van der Waals surface area contributed by atoms with Gasteiger partial charge in [0.1, 0.15) is 23.5 Å². The van der Waals surface area contributed by atoms with Gasteiger partial charge in [-0.1, -0.05) is 19.0 Å². The molecule has 0 aliphatic carbocycles. The van der Waals surface area contributed by atoms with E-state index in [4.69, 9.17) is 18.8 Å². The van der Waals surface area contributed by atoms with Gasteiger partial charge in [0.25, 0.3) is 5.91 Å². The minimum atomic E-state index is -5.08. The zero-order valence-corrected chi connectivity index (χ0v) is 21.1.